The molecule has 1 heterocycles. The highest BCUT2D eigenvalue weighted by Gasteiger charge is 2.30. The number of hydrogen-bond donors (Lipinski definition) is 1. The van der Waals surface area contributed by atoms with E-state index in [2.05, 4.69) is 0 Å². The predicted octanol–water partition coefficient (Wildman–Crippen LogP) is 1.20. The number of anilines is 1. The Balaban J connectivity index is 2.11. The first-order chi connectivity index (χ1) is 7.70. The van der Waals surface area contributed by atoms with Gasteiger partial charge in [0.1, 0.15) is 17.7 Å². The zero-order chi connectivity index (χ0) is 11.5. The molecule has 1 aromatic rings. The van der Waals surface area contributed by atoms with Crippen molar-refractivity contribution in [2.45, 2.75) is 12.2 Å². The average Bonchev–Trinajstić information content (AvgIpc) is 2.71. The molecule has 0 aliphatic carbocycles. The largest absolute Gasteiger partial charge is 0.483 e. The number of nitrogens with two attached hydrogens (primary N) is 1. The zero-order valence-electron chi connectivity index (χ0n) is 8.98. The van der Waals surface area contributed by atoms with E-state index < -0.39 is 0 Å². The van der Waals surface area contributed by atoms with E-state index in [9.17, 15) is 4.39 Å². The van der Waals surface area contributed by atoms with Gasteiger partial charge in [0.2, 0.25) is 0 Å². The van der Waals surface area contributed by atoms with Gasteiger partial charge in [-0.25, -0.2) is 4.39 Å². The summed E-state index contributed by atoms with van der Waals surface area (Å²) in [5, 5.41) is 0. The van der Waals surface area contributed by atoms with Gasteiger partial charge in [0, 0.05) is 13.2 Å². The summed E-state index contributed by atoms with van der Waals surface area (Å²) in [6.07, 6.45) is -0.378. The molecule has 1 saturated heterocycles. The standard InChI is InChI=1S/C11H14FNO3/c1-14-10-5-15-6-11(10)16-9-4-7(12)2-3-8(9)13/h2-4,10-11H,5-6,13H2,1H3. The topological polar surface area (TPSA) is 53.7 Å². The molecule has 2 rings (SSSR count). The van der Waals surface area contributed by atoms with Crippen LogP contribution < -0.4 is 10.5 Å². The Bertz CT molecular complexity index is 372. The number of halogens is 1. The van der Waals surface area contributed by atoms with Crippen molar-refractivity contribution in [2.24, 2.45) is 0 Å². The Morgan fingerprint density at radius 3 is 2.88 bits per heavy atom. The second-order valence-corrected chi connectivity index (χ2v) is 3.65. The van der Waals surface area contributed by atoms with E-state index >= 15 is 0 Å². The Labute approximate surface area is 93.1 Å². The fraction of sp³-hybridized carbons (Fsp3) is 0.455. The molecule has 0 spiro atoms. The summed E-state index contributed by atoms with van der Waals surface area (Å²) in [5.74, 6) is -0.0466. The first-order valence-corrected chi connectivity index (χ1v) is 5.03. The molecule has 0 radical (unpaired) electrons. The summed E-state index contributed by atoms with van der Waals surface area (Å²) < 4.78 is 29.0. The van der Waals surface area contributed by atoms with Crippen molar-refractivity contribution in [3.05, 3.63) is 24.0 Å². The van der Waals surface area contributed by atoms with Crippen LogP contribution in [-0.4, -0.2) is 32.5 Å². The first kappa shape index (κ1) is 11.2. The van der Waals surface area contributed by atoms with Gasteiger partial charge in [-0.15, -0.1) is 0 Å². The van der Waals surface area contributed by atoms with E-state index in [0.29, 0.717) is 24.7 Å². The molecular formula is C11H14FNO3. The Kier molecular flexibility index (Phi) is 3.26. The lowest BCUT2D eigenvalue weighted by molar-refractivity contribution is 0.0328. The van der Waals surface area contributed by atoms with Crippen LogP contribution in [0.25, 0.3) is 0 Å². The van der Waals surface area contributed by atoms with Crippen molar-refractivity contribution in [1.82, 2.24) is 0 Å². The second-order valence-electron chi connectivity index (χ2n) is 3.65. The number of rotatable bonds is 3. The lowest BCUT2D eigenvalue weighted by Crippen LogP contribution is -2.31. The highest BCUT2D eigenvalue weighted by molar-refractivity contribution is 5.52. The van der Waals surface area contributed by atoms with E-state index in [-0.39, 0.29) is 18.0 Å². The molecule has 2 atom stereocenters. The van der Waals surface area contributed by atoms with Gasteiger partial charge in [0.05, 0.1) is 18.9 Å². The SMILES string of the molecule is COC1COCC1Oc1cc(F)ccc1N. The van der Waals surface area contributed by atoms with Crippen LogP contribution in [0.15, 0.2) is 18.2 Å². The Morgan fingerprint density at radius 1 is 1.38 bits per heavy atom. The summed E-state index contributed by atoms with van der Waals surface area (Å²) in [7, 11) is 1.59. The number of methoxy groups -OCH3 is 1. The highest BCUT2D eigenvalue weighted by Crippen LogP contribution is 2.25. The summed E-state index contributed by atoms with van der Waals surface area (Å²) in [5.41, 5.74) is 6.09. The van der Waals surface area contributed by atoms with Crippen molar-refractivity contribution in [3.8, 4) is 5.75 Å². The maximum atomic E-state index is 13.0. The third-order valence-electron chi connectivity index (χ3n) is 2.54. The molecule has 88 valence electrons. The Hall–Kier alpha value is -1.33. The van der Waals surface area contributed by atoms with Crippen molar-refractivity contribution in [1.29, 1.82) is 0 Å². The molecule has 2 unspecified atom stereocenters. The molecule has 0 amide bonds. The van der Waals surface area contributed by atoms with E-state index in [0.717, 1.165) is 0 Å². The molecule has 0 saturated carbocycles. The maximum absolute atomic E-state index is 13.0. The monoisotopic (exact) mass is 227 g/mol. The van der Waals surface area contributed by atoms with Gasteiger partial charge in [-0.2, -0.15) is 0 Å². The Morgan fingerprint density at radius 2 is 2.12 bits per heavy atom. The van der Waals surface area contributed by atoms with Crippen LogP contribution in [0.2, 0.25) is 0 Å². The molecule has 1 aliphatic rings. The van der Waals surface area contributed by atoms with Crippen molar-refractivity contribution >= 4 is 5.69 Å². The summed E-state index contributed by atoms with van der Waals surface area (Å²) in [4.78, 5) is 0. The van der Waals surface area contributed by atoms with Gasteiger partial charge in [-0.1, -0.05) is 0 Å². The lowest BCUT2D eigenvalue weighted by atomic mass is 10.2. The third-order valence-corrected chi connectivity index (χ3v) is 2.54. The maximum Gasteiger partial charge on any atom is 0.150 e. The van der Waals surface area contributed by atoms with Crippen LogP contribution >= 0.6 is 0 Å². The van der Waals surface area contributed by atoms with Crippen LogP contribution in [0.1, 0.15) is 0 Å². The fourth-order valence-electron chi connectivity index (χ4n) is 1.62. The summed E-state index contributed by atoms with van der Waals surface area (Å²) >= 11 is 0. The molecule has 5 heteroatoms. The minimum atomic E-state index is -0.378. The quantitative estimate of drug-likeness (QED) is 0.788. The molecule has 4 nitrogen and oxygen atoms in total. The number of hydrogen-bond acceptors (Lipinski definition) is 4. The van der Waals surface area contributed by atoms with E-state index in [1.807, 2.05) is 0 Å². The van der Waals surface area contributed by atoms with Gasteiger partial charge in [-0.3, -0.25) is 0 Å². The second kappa shape index (κ2) is 4.67. The molecule has 0 bridgehead atoms. The van der Waals surface area contributed by atoms with Crippen molar-refractivity contribution in [2.75, 3.05) is 26.1 Å². The number of ether oxygens (including phenoxy) is 3. The minimum absolute atomic E-state index is 0.136. The lowest BCUT2D eigenvalue weighted by Gasteiger charge is -2.19. The van der Waals surface area contributed by atoms with Crippen LogP contribution in [-0.2, 0) is 9.47 Å². The van der Waals surface area contributed by atoms with Gasteiger partial charge < -0.3 is 19.9 Å². The molecule has 2 N–H and O–H groups in total. The fourth-order valence-corrected chi connectivity index (χ4v) is 1.62. The third kappa shape index (κ3) is 2.25. The molecular weight excluding hydrogens is 213 g/mol. The molecule has 1 aromatic carbocycles. The molecule has 1 fully saturated rings. The van der Waals surface area contributed by atoms with Gasteiger partial charge in [0.25, 0.3) is 0 Å². The molecule has 1 aliphatic heterocycles. The first-order valence-electron chi connectivity index (χ1n) is 5.03. The van der Waals surface area contributed by atoms with Crippen LogP contribution in [0.3, 0.4) is 0 Å². The highest BCUT2D eigenvalue weighted by atomic mass is 19.1. The summed E-state index contributed by atoms with van der Waals surface area (Å²) in [6.45, 7) is 0.908. The smallest absolute Gasteiger partial charge is 0.150 e. The van der Waals surface area contributed by atoms with E-state index in [1.165, 1.54) is 18.2 Å². The number of benzene rings is 1. The van der Waals surface area contributed by atoms with Crippen LogP contribution in [0.5, 0.6) is 5.75 Å². The predicted molar refractivity (Wildman–Crippen MR) is 56.8 cm³/mol. The normalized spacial score (nSPS) is 24.6. The van der Waals surface area contributed by atoms with Crippen LogP contribution in [0.4, 0.5) is 10.1 Å². The minimum Gasteiger partial charge on any atom is -0.483 e. The van der Waals surface area contributed by atoms with Gasteiger partial charge in [0.15, 0.2) is 6.10 Å². The number of nitrogen functional groups attached to an aromatic ring is 1. The van der Waals surface area contributed by atoms with Crippen molar-refractivity contribution in [3.63, 3.8) is 0 Å². The molecule has 0 aromatic heterocycles. The summed E-state index contributed by atoms with van der Waals surface area (Å²) in [6, 6.07) is 4.03. The van der Waals surface area contributed by atoms with E-state index in [4.69, 9.17) is 19.9 Å². The van der Waals surface area contributed by atoms with Crippen LogP contribution in [0, 0.1) is 5.82 Å². The molecule has 16 heavy (non-hydrogen) atoms. The van der Waals surface area contributed by atoms with Gasteiger partial charge in [-0.05, 0) is 12.1 Å². The zero-order valence-corrected chi connectivity index (χ0v) is 8.98. The van der Waals surface area contributed by atoms with Gasteiger partial charge >= 0.3 is 0 Å². The van der Waals surface area contributed by atoms with E-state index in [1.54, 1.807) is 7.11 Å². The average molecular weight is 227 g/mol. The van der Waals surface area contributed by atoms with Crippen molar-refractivity contribution < 1.29 is 18.6 Å².